The second kappa shape index (κ2) is 12.9. The van der Waals surface area contributed by atoms with E-state index in [-0.39, 0.29) is 35.6 Å². The lowest BCUT2D eigenvalue weighted by Gasteiger charge is -2.34. The monoisotopic (exact) mass is 555 g/mol. The van der Waals surface area contributed by atoms with Crippen LogP contribution in [0.4, 0.5) is 5.69 Å². The van der Waals surface area contributed by atoms with Crippen molar-refractivity contribution in [3.05, 3.63) is 101 Å². The van der Waals surface area contributed by atoms with Gasteiger partial charge in [0.1, 0.15) is 12.6 Å². The van der Waals surface area contributed by atoms with Crippen LogP contribution >= 0.6 is 11.6 Å². The molecule has 0 saturated carbocycles. The number of nitrogens with one attached hydrogen (secondary N) is 1. The summed E-state index contributed by atoms with van der Waals surface area (Å²) in [6.07, 6.45) is 1.30. The summed E-state index contributed by atoms with van der Waals surface area (Å²) in [5, 5.41) is 3.14. The smallest absolute Gasteiger partial charge is 0.244 e. The van der Waals surface area contributed by atoms with Crippen molar-refractivity contribution in [2.24, 2.45) is 0 Å². The van der Waals surface area contributed by atoms with E-state index < -0.39 is 28.5 Å². The molecule has 3 aromatic carbocycles. The van der Waals surface area contributed by atoms with E-state index in [0.29, 0.717) is 0 Å². The number of anilines is 1. The van der Waals surface area contributed by atoms with Crippen molar-refractivity contribution < 1.29 is 18.0 Å². The van der Waals surface area contributed by atoms with Crippen molar-refractivity contribution >= 4 is 39.1 Å². The number of benzene rings is 3. The van der Waals surface area contributed by atoms with Gasteiger partial charge in [0.05, 0.1) is 17.0 Å². The highest BCUT2D eigenvalue weighted by Crippen LogP contribution is 2.28. The van der Waals surface area contributed by atoms with Crippen LogP contribution < -0.4 is 9.62 Å². The first-order chi connectivity index (χ1) is 18.0. The van der Waals surface area contributed by atoms with Crippen molar-refractivity contribution in [3.63, 3.8) is 0 Å². The Bertz CT molecular complexity index is 1360. The number of sulfonamides is 1. The molecule has 0 saturated heterocycles. The second-order valence-corrected chi connectivity index (χ2v) is 11.9. The molecular weight excluding hydrogens is 522 g/mol. The minimum Gasteiger partial charge on any atom is -0.352 e. The Kier molecular flexibility index (Phi) is 9.94. The zero-order valence-electron chi connectivity index (χ0n) is 22.1. The Morgan fingerprint density at radius 1 is 0.921 bits per heavy atom. The minimum atomic E-state index is -3.87. The summed E-state index contributed by atoms with van der Waals surface area (Å²) < 4.78 is 26.6. The summed E-state index contributed by atoms with van der Waals surface area (Å²) >= 11 is 6.32. The number of halogens is 1. The van der Waals surface area contributed by atoms with Gasteiger partial charge in [0, 0.05) is 19.0 Å². The normalized spacial score (nSPS) is 12.2. The molecule has 0 aliphatic rings. The van der Waals surface area contributed by atoms with Crippen LogP contribution in [-0.4, -0.2) is 50.0 Å². The lowest BCUT2D eigenvalue weighted by molar-refractivity contribution is -0.140. The molecule has 202 valence electrons. The fourth-order valence-corrected chi connectivity index (χ4v) is 5.30. The number of aryl methyl sites for hydroxylation is 1. The third kappa shape index (κ3) is 7.82. The maximum atomic E-state index is 14.0. The largest absolute Gasteiger partial charge is 0.352 e. The van der Waals surface area contributed by atoms with Gasteiger partial charge in [-0.25, -0.2) is 8.42 Å². The molecule has 0 fully saturated rings. The first-order valence-corrected chi connectivity index (χ1v) is 14.6. The van der Waals surface area contributed by atoms with E-state index in [1.165, 1.54) is 4.90 Å². The second-order valence-electron chi connectivity index (χ2n) is 9.54. The van der Waals surface area contributed by atoms with Crippen LogP contribution in [0.15, 0.2) is 78.9 Å². The molecule has 0 aliphatic heterocycles. The molecular formula is C29H34ClN3O4S. The van der Waals surface area contributed by atoms with E-state index in [0.717, 1.165) is 27.3 Å². The van der Waals surface area contributed by atoms with E-state index in [9.17, 15) is 18.0 Å². The summed E-state index contributed by atoms with van der Waals surface area (Å²) in [5.74, 6) is -0.826. The van der Waals surface area contributed by atoms with Crippen molar-refractivity contribution in [2.45, 2.75) is 45.8 Å². The van der Waals surface area contributed by atoms with Crippen LogP contribution in [0, 0.1) is 6.92 Å². The first kappa shape index (κ1) is 29.2. The number of hydrogen-bond donors (Lipinski definition) is 1. The van der Waals surface area contributed by atoms with Crippen LogP contribution in [-0.2, 0) is 32.6 Å². The van der Waals surface area contributed by atoms with Crippen molar-refractivity contribution in [1.82, 2.24) is 10.2 Å². The highest BCUT2D eigenvalue weighted by atomic mass is 35.5. The van der Waals surface area contributed by atoms with Gasteiger partial charge in [-0.15, -0.1) is 0 Å². The molecule has 3 aromatic rings. The maximum absolute atomic E-state index is 14.0. The summed E-state index contributed by atoms with van der Waals surface area (Å²) in [4.78, 5) is 29.0. The third-order valence-electron chi connectivity index (χ3n) is 6.10. The Morgan fingerprint density at radius 3 is 2.13 bits per heavy atom. The number of rotatable bonds is 11. The molecule has 0 spiro atoms. The topological polar surface area (TPSA) is 86.8 Å². The predicted molar refractivity (Wildman–Crippen MR) is 153 cm³/mol. The van der Waals surface area contributed by atoms with Gasteiger partial charge in [-0.3, -0.25) is 13.9 Å². The van der Waals surface area contributed by atoms with Gasteiger partial charge in [-0.05, 0) is 49.6 Å². The lowest BCUT2D eigenvalue weighted by Crippen LogP contribution is -2.54. The highest BCUT2D eigenvalue weighted by Gasteiger charge is 2.33. The van der Waals surface area contributed by atoms with Crippen LogP contribution in [0.1, 0.15) is 30.5 Å². The summed E-state index contributed by atoms with van der Waals surface area (Å²) in [7, 11) is -3.87. The van der Waals surface area contributed by atoms with Crippen molar-refractivity contribution in [1.29, 1.82) is 0 Å². The Hall–Kier alpha value is -3.36. The molecule has 0 heterocycles. The van der Waals surface area contributed by atoms with Gasteiger partial charge in [0.15, 0.2) is 0 Å². The van der Waals surface area contributed by atoms with Crippen LogP contribution in [0.5, 0.6) is 0 Å². The molecule has 7 nitrogen and oxygen atoms in total. The fraction of sp³-hybridized carbons (Fsp3) is 0.310. The number of hydrogen-bond acceptors (Lipinski definition) is 4. The van der Waals surface area contributed by atoms with E-state index in [2.05, 4.69) is 5.32 Å². The number of amides is 2. The standard InChI is InChI=1S/C29H34ClN3O4S/c1-21(2)31-29(35)27(18-23-13-6-5-7-14-23)32(19-24-15-9-8-12-22(24)3)28(34)20-33(38(4,36)37)26-17-11-10-16-25(26)30/h5-17,21,27H,18-20H2,1-4H3,(H,31,35)/t27-/m1/s1. The van der Waals surface area contributed by atoms with E-state index >= 15 is 0 Å². The van der Waals surface area contributed by atoms with Gasteiger partial charge < -0.3 is 10.2 Å². The van der Waals surface area contributed by atoms with E-state index in [1.807, 2.05) is 75.4 Å². The molecule has 38 heavy (non-hydrogen) atoms. The van der Waals surface area contributed by atoms with Crippen LogP contribution in [0.3, 0.4) is 0 Å². The average Bonchev–Trinajstić information content (AvgIpc) is 2.85. The molecule has 1 N–H and O–H groups in total. The first-order valence-electron chi connectivity index (χ1n) is 12.4. The molecule has 0 unspecified atom stereocenters. The van der Waals surface area contributed by atoms with Crippen molar-refractivity contribution in [2.75, 3.05) is 17.1 Å². The SMILES string of the molecule is Cc1ccccc1CN(C(=O)CN(c1ccccc1Cl)S(C)(=O)=O)[C@H](Cc1ccccc1)C(=O)NC(C)C. The number of nitrogens with zero attached hydrogens (tertiary/aromatic N) is 2. The Morgan fingerprint density at radius 2 is 1.53 bits per heavy atom. The van der Waals surface area contributed by atoms with E-state index in [1.54, 1.807) is 24.3 Å². The highest BCUT2D eigenvalue weighted by molar-refractivity contribution is 7.92. The number of para-hydroxylation sites is 1. The summed E-state index contributed by atoms with van der Waals surface area (Å²) in [5.41, 5.74) is 2.90. The minimum absolute atomic E-state index is 0.134. The van der Waals surface area contributed by atoms with E-state index in [4.69, 9.17) is 11.6 Å². The van der Waals surface area contributed by atoms with Crippen molar-refractivity contribution in [3.8, 4) is 0 Å². The molecule has 0 radical (unpaired) electrons. The predicted octanol–water partition coefficient (Wildman–Crippen LogP) is 4.58. The quantitative estimate of drug-likeness (QED) is 0.375. The Balaban J connectivity index is 2.08. The zero-order valence-corrected chi connectivity index (χ0v) is 23.7. The summed E-state index contributed by atoms with van der Waals surface area (Å²) in [6.45, 7) is 5.27. The molecule has 1 atom stereocenters. The van der Waals surface area contributed by atoms with Gasteiger partial charge in [0.25, 0.3) is 0 Å². The average molecular weight is 556 g/mol. The molecule has 9 heteroatoms. The molecule has 2 amide bonds. The van der Waals surface area contributed by atoms with Crippen LogP contribution in [0.2, 0.25) is 5.02 Å². The maximum Gasteiger partial charge on any atom is 0.244 e. The van der Waals surface area contributed by atoms with Crippen LogP contribution in [0.25, 0.3) is 0 Å². The van der Waals surface area contributed by atoms with Gasteiger partial charge in [0.2, 0.25) is 21.8 Å². The van der Waals surface area contributed by atoms with Gasteiger partial charge in [-0.2, -0.15) is 0 Å². The number of carbonyl (C=O) groups is 2. The fourth-order valence-electron chi connectivity index (χ4n) is 4.15. The summed E-state index contributed by atoms with van der Waals surface area (Å²) in [6, 6.07) is 22.5. The lowest BCUT2D eigenvalue weighted by atomic mass is 10.0. The van der Waals surface area contributed by atoms with Gasteiger partial charge in [-0.1, -0.05) is 78.3 Å². The zero-order chi connectivity index (χ0) is 27.9. The van der Waals surface area contributed by atoms with Gasteiger partial charge >= 0.3 is 0 Å². The molecule has 0 aliphatic carbocycles. The molecule has 3 rings (SSSR count). The molecule has 0 aromatic heterocycles. The Labute approximate surface area is 230 Å². The third-order valence-corrected chi connectivity index (χ3v) is 7.55. The molecule has 0 bridgehead atoms. The number of carbonyl (C=O) groups excluding carboxylic acids is 2.